The summed E-state index contributed by atoms with van der Waals surface area (Å²) in [6, 6.07) is 11.4. The van der Waals surface area contributed by atoms with Gasteiger partial charge in [0.1, 0.15) is 5.76 Å². The predicted octanol–water partition coefficient (Wildman–Crippen LogP) is 3.66. The van der Waals surface area contributed by atoms with E-state index in [-0.39, 0.29) is 9.79 Å². The van der Waals surface area contributed by atoms with Crippen molar-refractivity contribution in [1.29, 1.82) is 0 Å². The summed E-state index contributed by atoms with van der Waals surface area (Å²) in [5.41, 5.74) is 1.47. The van der Waals surface area contributed by atoms with Gasteiger partial charge in [-0.1, -0.05) is 29.8 Å². The molecule has 0 spiro atoms. The molecule has 0 radical (unpaired) electrons. The molecule has 0 saturated heterocycles. The van der Waals surface area contributed by atoms with Crippen molar-refractivity contribution in [3.05, 3.63) is 58.8 Å². The number of nitrogens with zero attached hydrogens (tertiary/aromatic N) is 1. The highest BCUT2D eigenvalue weighted by Gasteiger charge is 2.27. The Labute approximate surface area is 163 Å². The molecule has 1 aliphatic heterocycles. The molecule has 142 valence electrons. The molecule has 2 heterocycles. The van der Waals surface area contributed by atoms with Crippen molar-refractivity contribution in [2.45, 2.75) is 35.8 Å². The minimum Gasteiger partial charge on any atom is -0.459 e. The summed E-state index contributed by atoms with van der Waals surface area (Å²) in [5.74, 6) is 0.836. The topological polar surface area (TPSA) is 70.8 Å². The molecule has 5 nitrogen and oxygen atoms in total. The Morgan fingerprint density at radius 1 is 1.22 bits per heavy atom. The lowest BCUT2D eigenvalue weighted by Gasteiger charge is -2.27. The highest BCUT2D eigenvalue weighted by atomic mass is 35.5. The van der Waals surface area contributed by atoms with Crippen LogP contribution in [0, 0.1) is 0 Å². The lowest BCUT2D eigenvalue weighted by atomic mass is 10.0. The zero-order chi connectivity index (χ0) is 19.2. The fraction of sp³-hybridized carbons (Fsp3) is 0.300. The van der Waals surface area contributed by atoms with Crippen LogP contribution in [0.2, 0.25) is 5.02 Å². The number of furan rings is 1. The summed E-state index contributed by atoms with van der Waals surface area (Å²) in [6.07, 6.45) is 0.274. The minimum atomic E-state index is -3.67. The molecule has 0 bridgehead atoms. The van der Waals surface area contributed by atoms with Crippen LogP contribution in [0.15, 0.2) is 56.7 Å². The summed E-state index contributed by atoms with van der Waals surface area (Å²) in [6.45, 7) is 3.69. The Kier molecular flexibility index (Phi) is 4.76. The standard InChI is InChI=1S/C20H20ClNO4S/c1-13(23)11-22-8-7-19-17(12-22)16-9-15(10-18(21)20(16)26-19)27(24,25)14-5-3-2-4-6-14/h2-6,9-10,13,23H,7-8,11-12H2,1H3. The van der Waals surface area contributed by atoms with Crippen molar-refractivity contribution < 1.29 is 17.9 Å². The molecule has 1 aromatic heterocycles. The van der Waals surface area contributed by atoms with Crippen LogP contribution in [-0.2, 0) is 22.8 Å². The van der Waals surface area contributed by atoms with Crippen LogP contribution in [0.1, 0.15) is 18.2 Å². The number of halogens is 1. The van der Waals surface area contributed by atoms with Gasteiger partial charge < -0.3 is 9.52 Å². The van der Waals surface area contributed by atoms with E-state index in [4.69, 9.17) is 16.0 Å². The van der Waals surface area contributed by atoms with Gasteiger partial charge in [-0.25, -0.2) is 8.42 Å². The number of sulfone groups is 1. The Balaban J connectivity index is 1.82. The van der Waals surface area contributed by atoms with E-state index in [0.717, 1.165) is 23.3 Å². The average Bonchev–Trinajstić information content (AvgIpc) is 3.01. The Hall–Kier alpha value is -1.86. The van der Waals surface area contributed by atoms with E-state index in [0.29, 0.717) is 30.1 Å². The maximum atomic E-state index is 13.0. The van der Waals surface area contributed by atoms with Gasteiger partial charge in [0.05, 0.1) is 20.9 Å². The van der Waals surface area contributed by atoms with Crippen LogP contribution in [0.25, 0.3) is 11.0 Å². The third kappa shape index (κ3) is 3.38. The van der Waals surface area contributed by atoms with Gasteiger partial charge in [-0.15, -0.1) is 0 Å². The third-order valence-corrected chi connectivity index (χ3v) is 6.86. The number of fused-ring (bicyclic) bond motifs is 3. The van der Waals surface area contributed by atoms with Gasteiger partial charge in [-0.05, 0) is 31.2 Å². The molecule has 7 heteroatoms. The number of aliphatic hydroxyl groups is 1. The lowest BCUT2D eigenvalue weighted by molar-refractivity contribution is 0.117. The molecule has 1 atom stereocenters. The van der Waals surface area contributed by atoms with Gasteiger partial charge in [0, 0.05) is 37.0 Å². The first-order chi connectivity index (χ1) is 12.9. The predicted molar refractivity (Wildman–Crippen MR) is 104 cm³/mol. The van der Waals surface area contributed by atoms with E-state index in [1.165, 1.54) is 6.07 Å². The van der Waals surface area contributed by atoms with Gasteiger partial charge in [0.25, 0.3) is 0 Å². The molecule has 2 aromatic carbocycles. The second-order valence-electron chi connectivity index (χ2n) is 6.94. The summed E-state index contributed by atoms with van der Waals surface area (Å²) >= 11 is 6.38. The first-order valence-electron chi connectivity index (χ1n) is 8.80. The molecule has 1 unspecified atom stereocenters. The molecule has 3 aromatic rings. The monoisotopic (exact) mass is 405 g/mol. The van der Waals surface area contributed by atoms with Crippen molar-refractivity contribution in [3.8, 4) is 0 Å². The molecule has 0 aliphatic carbocycles. The largest absolute Gasteiger partial charge is 0.459 e. The lowest BCUT2D eigenvalue weighted by Crippen LogP contribution is -2.35. The number of β-amino-alcohol motifs (C(OH)–C–C–N with tert-alkyl or cyclic N) is 1. The molecule has 0 saturated carbocycles. The van der Waals surface area contributed by atoms with Crippen LogP contribution in [0.4, 0.5) is 0 Å². The number of aliphatic hydroxyl groups excluding tert-OH is 1. The van der Waals surface area contributed by atoms with Crippen LogP contribution >= 0.6 is 11.6 Å². The second-order valence-corrected chi connectivity index (χ2v) is 9.29. The van der Waals surface area contributed by atoms with Gasteiger partial charge >= 0.3 is 0 Å². The zero-order valence-corrected chi connectivity index (χ0v) is 16.4. The Morgan fingerprint density at radius 2 is 1.96 bits per heavy atom. The quantitative estimate of drug-likeness (QED) is 0.717. The van der Waals surface area contributed by atoms with Crippen molar-refractivity contribution in [2.24, 2.45) is 0 Å². The maximum absolute atomic E-state index is 13.0. The fourth-order valence-corrected chi connectivity index (χ4v) is 5.25. The van der Waals surface area contributed by atoms with Crippen LogP contribution < -0.4 is 0 Å². The highest BCUT2D eigenvalue weighted by Crippen LogP contribution is 2.37. The number of benzene rings is 2. The van der Waals surface area contributed by atoms with Crippen LogP contribution in [0.5, 0.6) is 0 Å². The third-order valence-electron chi connectivity index (χ3n) is 4.83. The van der Waals surface area contributed by atoms with Gasteiger partial charge in [-0.3, -0.25) is 4.90 Å². The maximum Gasteiger partial charge on any atom is 0.206 e. The van der Waals surface area contributed by atoms with Crippen molar-refractivity contribution in [3.63, 3.8) is 0 Å². The minimum absolute atomic E-state index is 0.155. The number of hydrogen-bond donors (Lipinski definition) is 1. The Morgan fingerprint density at radius 3 is 2.67 bits per heavy atom. The van der Waals surface area contributed by atoms with E-state index in [1.807, 2.05) is 0 Å². The first kappa shape index (κ1) is 18.5. The highest BCUT2D eigenvalue weighted by molar-refractivity contribution is 7.91. The zero-order valence-electron chi connectivity index (χ0n) is 14.9. The molecule has 1 N–H and O–H groups in total. The fourth-order valence-electron chi connectivity index (χ4n) is 3.59. The molecule has 1 aliphatic rings. The second kappa shape index (κ2) is 6.95. The van der Waals surface area contributed by atoms with E-state index < -0.39 is 15.9 Å². The number of hydrogen-bond acceptors (Lipinski definition) is 5. The van der Waals surface area contributed by atoms with Crippen molar-refractivity contribution >= 4 is 32.4 Å². The van der Waals surface area contributed by atoms with Crippen molar-refractivity contribution in [2.75, 3.05) is 13.1 Å². The molecule has 0 amide bonds. The van der Waals surface area contributed by atoms with E-state index in [2.05, 4.69) is 4.90 Å². The summed E-state index contributed by atoms with van der Waals surface area (Å²) in [7, 11) is -3.67. The van der Waals surface area contributed by atoms with Crippen molar-refractivity contribution in [1.82, 2.24) is 4.90 Å². The van der Waals surface area contributed by atoms with E-state index in [9.17, 15) is 13.5 Å². The van der Waals surface area contributed by atoms with E-state index >= 15 is 0 Å². The molecular formula is C20H20ClNO4S. The smallest absolute Gasteiger partial charge is 0.206 e. The number of rotatable bonds is 4. The van der Waals surface area contributed by atoms with Gasteiger partial charge in [0.15, 0.2) is 5.58 Å². The van der Waals surface area contributed by atoms with E-state index in [1.54, 1.807) is 43.3 Å². The summed E-state index contributed by atoms with van der Waals surface area (Å²) in [5, 5.41) is 10.7. The normalized spacial score (nSPS) is 16.4. The summed E-state index contributed by atoms with van der Waals surface area (Å²) < 4.78 is 31.9. The van der Waals surface area contributed by atoms with Crippen LogP contribution in [-0.4, -0.2) is 37.6 Å². The summed E-state index contributed by atoms with van der Waals surface area (Å²) in [4.78, 5) is 2.52. The average molecular weight is 406 g/mol. The first-order valence-corrected chi connectivity index (χ1v) is 10.7. The molecule has 0 fully saturated rings. The molecule has 27 heavy (non-hydrogen) atoms. The Bertz CT molecular complexity index is 1090. The molecule has 4 rings (SSSR count). The van der Waals surface area contributed by atoms with Gasteiger partial charge in [0.2, 0.25) is 9.84 Å². The van der Waals surface area contributed by atoms with Gasteiger partial charge in [-0.2, -0.15) is 0 Å². The van der Waals surface area contributed by atoms with Crippen LogP contribution in [0.3, 0.4) is 0 Å². The molecular weight excluding hydrogens is 386 g/mol. The SMILES string of the molecule is CC(O)CN1CCc2oc3c(Cl)cc(S(=O)(=O)c4ccccc4)cc3c2C1.